The summed E-state index contributed by atoms with van der Waals surface area (Å²) in [4.78, 5) is 4.21. The Labute approximate surface area is 157 Å². The summed E-state index contributed by atoms with van der Waals surface area (Å²) in [5.74, 6) is 0.417. The van der Waals surface area contributed by atoms with Gasteiger partial charge in [-0.05, 0) is 54.7 Å². The molecule has 0 spiro atoms. The van der Waals surface area contributed by atoms with Gasteiger partial charge in [-0.2, -0.15) is 5.10 Å². The van der Waals surface area contributed by atoms with E-state index in [1.54, 1.807) is 6.20 Å². The van der Waals surface area contributed by atoms with Gasteiger partial charge >= 0.3 is 0 Å². The van der Waals surface area contributed by atoms with Gasteiger partial charge in [-0.1, -0.05) is 37.0 Å². The molecule has 0 aliphatic heterocycles. The van der Waals surface area contributed by atoms with Crippen LogP contribution >= 0.6 is 23.2 Å². The number of rotatable bonds is 3. The van der Waals surface area contributed by atoms with Gasteiger partial charge in [0.15, 0.2) is 0 Å². The minimum absolute atomic E-state index is 0.153. The molecule has 25 heavy (non-hydrogen) atoms. The van der Waals surface area contributed by atoms with Crippen molar-refractivity contribution in [3.63, 3.8) is 0 Å². The summed E-state index contributed by atoms with van der Waals surface area (Å²) in [5, 5.41) is 5.93. The number of hydrogen-bond acceptors (Lipinski definition) is 2. The molecule has 1 fully saturated rings. The first-order valence-corrected chi connectivity index (χ1v) is 9.01. The Morgan fingerprint density at radius 3 is 2.56 bits per heavy atom. The zero-order chi connectivity index (χ0) is 17.6. The second kappa shape index (κ2) is 6.15. The molecule has 3 nitrogen and oxygen atoms in total. The molecule has 1 radical (unpaired) electrons. The zero-order valence-electron chi connectivity index (χ0n) is 14.1. The van der Waals surface area contributed by atoms with Gasteiger partial charge in [-0.25, -0.2) is 4.68 Å². The predicted octanol–water partition coefficient (Wildman–Crippen LogP) is 5.96. The summed E-state index contributed by atoms with van der Waals surface area (Å²) >= 11 is 12.3. The third-order valence-corrected chi connectivity index (χ3v) is 5.72. The lowest BCUT2D eigenvalue weighted by Crippen LogP contribution is -2.34. The van der Waals surface area contributed by atoms with Crippen LogP contribution in [0, 0.1) is 11.8 Å². The van der Waals surface area contributed by atoms with Gasteiger partial charge in [-0.15, -0.1) is 0 Å². The largest absolute Gasteiger partial charge is 0.264 e. The van der Waals surface area contributed by atoms with Crippen LogP contribution < -0.4 is 0 Å². The first-order valence-electron chi connectivity index (χ1n) is 8.26. The Balaban J connectivity index is 1.86. The maximum absolute atomic E-state index is 6.23. The smallest absolute Gasteiger partial charge is 0.0946 e. The first-order chi connectivity index (χ1) is 12.0. The molecule has 1 aliphatic carbocycles. The van der Waals surface area contributed by atoms with E-state index in [1.807, 2.05) is 41.2 Å². The molecule has 1 aromatic carbocycles. The molecule has 0 saturated heterocycles. The Kier molecular flexibility index (Phi) is 4.09. The number of benzene rings is 1. The van der Waals surface area contributed by atoms with E-state index in [2.05, 4.69) is 31.3 Å². The van der Waals surface area contributed by atoms with E-state index in [1.165, 1.54) is 5.69 Å². The molecule has 1 saturated carbocycles. The van der Waals surface area contributed by atoms with Gasteiger partial charge in [0.1, 0.15) is 0 Å². The fourth-order valence-electron chi connectivity index (χ4n) is 3.33. The highest BCUT2D eigenvalue weighted by atomic mass is 35.5. The molecule has 127 valence electrons. The van der Waals surface area contributed by atoms with Crippen LogP contribution in [0.4, 0.5) is 0 Å². The van der Waals surface area contributed by atoms with Crippen LogP contribution in [0.15, 0.2) is 48.8 Å². The van der Waals surface area contributed by atoms with E-state index in [9.17, 15) is 0 Å². The van der Waals surface area contributed by atoms with Crippen LogP contribution in [-0.4, -0.2) is 14.8 Å². The number of nitrogens with zero attached hydrogens (tertiary/aromatic N) is 3. The van der Waals surface area contributed by atoms with Crippen LogP contribution in [0.5, 0.6) is 0 Å². The number of aromatic nitrogens is 3. The third kappa shape index (κ3) is 2.96. The fraction of sp³-hybridized carbons (Fsp3) is 0.250. The van der Waals surface area contributed by atoms with Crippen molar-refractivity contribution < 1.29 is 0 Å². The lowest BCUT2D eigenvalue weighted by molar-refractivity contribution is 0.227. The topological polar surface area (TPSA) is 30.7 Å². The third-order valence-electron chi connectivity index (χ3n) is 4.98. The standard InChI is InChI=1S/C20H18Cl2N3/c1-20(2)8-7-15(20)19-11-18(13-4-3-9-23-12-13)24-25(19)14-5-6-16(21)17(22)10-14/h3-6,8-12,15H,7H2,1-2H3/t15-/m0/s1. The summed E-state index contributed by atoms with van der Waals surface area (Å²) < 4.78 is 1.99. The van der Waals surface area contributed by atoms with Crippen LogP contribution in [-0.2, 0) is 0 Å². The number of hydrogen-bond donors (Lipinski definition) is 0. The highest BCUT2D eigenvalue weighted by Crippen LogP contribution is 2.52. The van der Waals surface area contributed by atoms with Crippen molar-refractivity contribution in [2.45, 2.75) is 26.2 Å². The Morgan fingerprint density at radius 2 is 1.96 bits per heavy atom. The van der Waals surface area contributed by atoms with E-state index in [4.69, 9.17) is 28.3 Å². The average molecular weight is 371 g/mol. The first kappa shape index (κ1) is 16.6. The quantitative estimate of drug-likeness (QED) is 0.569. The molecular formula is C20H18Cl2N3. The highest BCUT2D eigenvalue weighted by Gasteiger charge is 2.42. The molecular weight excluding hydrogens is 353 g/mol. The lowest BCUT2D eigenvalue weighted by atomic mass is 9.61. The van der Waals surface area contributed by atoms with E-state index < -0.39 is 0 Å². The molecule has 0 N–H and O–H groups in total. The fourth-order valence-corrected chi connectivity index (χ4v) is 3.62. The van der Waals surface area contributed by atoms with Gasteiger partial charge in [0, 0.05) is 29.6 Å². The maximum atomic E-state index is 6.23. The summed E-state index contributed by atoms with van der Waals surface area (Å²) in [6.07, 6.45) is 7.01. The maximum Gasteiger partial charge on any atom is 0.0946 e. The summed E-state index contributed by atoms with van der Waals surface area (Å²) in [6.45, 7) is 4.52. The van der Waals surface area contributed by atoms with Crippen LogP contribution in [0.1, 0.15) is 31.9 Å². The summed E-state index contributed by atoms with van der Waals surface area (Å²) in [6, 6.07) is 11.7. The molecule has 4 rings (SSSR count). The second-order valence-corrected chi connectivity index (χ2v) is 7.83. The average Bonchev–Trinajstić information content (AvgIpc) is 3.02. The second-order valence-electron chi connectivity index (χ2n) is 7.02. The van der Waals surface area contributed by atoms with Gasteiger partial charge in [0.05, 0.1) is 21.4 Å². The van der Waals surface area contributed by atoms with Crippen molar-refractivity contribution in [3.8, 4) is 16.9 Å². The zero-order valence-corrected chi connectivity index (χ0v) is 15.6. The molecule has 2 aromatic heterocycles. The Bertz CT molecular complexity index is 916. The predicted molar refractivity (Wildman–Crippen MR) is 102 cm³/mol. The van der Waals surface area contributed by atoms with Gasteiger partial charge in [0.2, 0.25) is 0 Å². The van der Waals surface area contributed by atoms with E-state index in [0.717, 1.165) is 23.4 Å². The highest BCUT2D eigenvalue weighted by molar-refractivity contribution is 6.42. The van der Waals surface area contributed by atoms with E-state index in [0.29, 0.717) is 16.0 Å². The molecule has 0 amide bonds. The van der Waals surface area contributed by atoms with Crippen molar-refractivity contribution in [2.24, 2.45) is 5.41 Å². The number of pyridine rings is 1. The summed E-state index contributed by atoms with van der Waals surface area (Å²) in [7, 11) is 0. The van der Waals surface area contributed by atoms with Crippen molar-refractivity contribution in [3.05, 3.63) is 71.0 Å². The van der Waals surface area contributed by atoms with Crippen LogP contribution in [0.25, 0.3) is 16.9 Å². The Hall–Kier alpha value is -1.84. The van der Waals surface area contributed by atoms with E-state index in [-0.39, 0.29) is 5.41 Å². The molecule has 5 heteroatoms. The summed E-state index contributed by atoms with van der Waals surface area (Å²) in [5.41, 5.74) is 4.17. The normalized spacial score (nSPS) is 18.8. The Morgan fingerprint density at radius 1 is 1.12 bits per heavy atom. The van der Waals surface area contributed by atoms with Crippen LogP contribution in [0.3, 0.4) is 0 Å². The molecule has 1 aliphatic rings. The SMILES string of the molecule is CC1(C)[CH]C[C@H]1c1cc(-c2cccnc2)nn1-c1ccc(Cl)c(Cl)c1. The minimum atomic E-state index is 0.153. The van der Waals surface area contributed by atoms with Gasteiger partial charge in [0.25, 0.3) is 0 Å². The van der Waals surface area contributed by atoms with Crippen molar-refractivity contribution in [2.75, 3.05) is 0 Å². The van der Waals surface area contributed by atoms with Gasteiger partial charge < -0.3 is 0 Å². The van der Waals surface area contributed by atoms with Crippen LogP contribution in [0.2, 0.25) is 10.0 Å². The molecule has 0 unspecified atom stereocenters. The van der Waals surface area contributed by atoms with E-state index >= 15 is 0 Å². The molecule has 2 heterocycles. The van der Waals surface area contributed by atoms with Crippen molar-refractivity contribution in [1.29, 1.82) is 0 Å². The lowest BCUT2D eigenvalue weighted by Gasteiger charge is -2.44. The van der Waals surface area contributed by atoms with Gasteiger partial charge in [-0.3, -0.25) is 4.98 Å². The van der Waals surface area contributed by atoms with Crippen molar-refractivity contribution in [1.82, 2.24) is 14.8 Å². The molecule has 1 atom stereocenters. The number of halogens is 2. The minimum Gasteiger partial charge on any atom is -0.264 e. The van der Waals surface area contributed by atoms with Crippen molar-refractivity contribution >= 4 is 23.2 Å². The molecule has 0 bridgehead atoms. The molecule has 3 aromatic rings. The monoisotopic (exact) mass is 370 g/mol.